The molecule has 0 radical (unpaired) electrons. The van der Waals surface area contributed by atoms with Crippen LogP contribution in [0.3, 0.4) is 0 Å². The summed E-state index contributed by atoms with van der Waals surface area (Å²) >= 11 is 0. The molecule has 0 bridgehead atoms. The smallest absolute Gasteiger partial charge is 0.0957 e. The first-order valence-electron chi connectivity index (χ1n) is 7.81. The minimum absolute atomic E-state index is 0.339. The van der Waals surface area contributed by atoms with E-state index < -0.39 is 0 Å². The van der Waals surface area contributed by atoms with Gasteiger partial charge in [0.1, 0.15) is 0 Å². The molecule has 2 aromatic rings. The van der Waals surface area contributed by atoms with Gasteiger partial charge >= 0.3 is 0 Å². The van der Waals surface area contributed by atoms with Gasteiger partial charge in [-0.2, -0.15) is 0 Å². The quantitative estimate of drug-likeness (QED) is 0.532. The fraction of sp³-hybridized carbons (Fsp3) is 0.211. The minimum atomic E-state index is -0.339. The lowest BCUT2D eigenvalue weighted by Gasteiger charge is -2.22. The average molecular weight is 288 g/mol. The van der Waals surface area contributed by atoms with E-state index in [0.29, 0.717) is 0 Å². The van der Waals surface area contributed by atoms with Crippen molar-refractivity contribution >= 4 is 16.4 Å². The van der Waals surface area contributed by atoms with E-state index in [0.717, 1.165) is 41.6 Å². The molecule has 1 aliphatic carbocycles. The monoisotopic (exact) mass is 288 g/mol. The van der Waals surface area contributed by atoms with Crippen molar-refractivity contribution < 1.29 is 5.11 Å². The van der Waals surface area contributed by atoms with E-state index >= 15 is 0 Å². The number of aryl methyl sites for hydroxylation is 1. The van der Waals surface area contributed by atoms with Gasteiger partial charge in [0.25, 0.3) is 0 Å². The molecule has 0 saturated heterocycles. The number of hydrogen-bond donors (Lipinski definition) is 1. The maximum atomic E-state index is 10.3. The van der Waals surface area contributed by atoms with Gasteiger partial charge in [-0.1, -0.05) is 18.2 Å². The van der Waals surface area contributed by atoms with Crippen LogP contribution in [0.1, 0.15) is 30.1 Å². The van der Waals surface area contributed by atoms with Gasteiger partial charge in [0.05, 0.1) is 22.8 Å². The summed E-state index contributed by atoms with van der Waals surface area (Å²) in [5.41, 5.74) is 6.64. The summed E-state index contributed by atoms with van der Waals surface area (Å²) in [5.74, 6) is 0. The molecule has 1 aromatic carbocycles. The van der Waals surface area contributed by atoms with Crippen molar-refractivity contribution in [1.29, 1.82) is 0 Å². The zero-order chi connectivity index (χ0) is 14.7. The fourth-order valence-electron chi connectivity index (χ4n) is 3.73. The van der Waals surface area contributed by atoms with E-state index in [9.17, 15) is 5.11 Å². The number of aliphatic hydroxyl groups is 1. The molecule has 3 aliphatic rings. The molecule has 1 aromatic heterocycles. The van der Waals surface area contributed by atoms with E-state index in [2.05, 4.69) is 47.1 Å². The van der Waals surface area contributed by atoms with E-state index in [1.54, 1.807) is 0 Å². The van der Waals surface area contributed by atoms with Crippen molar-refractivity contribution in [2.24, 2.45) is 0 Å². The first kappa shape index (κ1) is 12.2. The number of benzene rings is 1. The van der Waals surface area contributed by atoms with Gasteiger partial charge in [0.15, 0.2) is 0 Å². The van der Waals surface area contributed by atoms with E-state index in [4.69, 9.17) is 4.98 Å². The molecule has 3 heteroatoms. The molecular formula is C19H16N2O. The van der Waals surface area contributed by atoms with Gasteiger partial charge < -0.3 is 9.51 Å². The summed E-state index contributed by atoms with van der Waals surface area (Å²) in [7, 11) is 0. The van der Waals surface area contributed by atoms with Crippen LogP contribution in [0.15, 0.2) is 48.8 Å². The number of hydrogen-bond acceptors (Lipinski definition) is 2. The second-order valence-electron chi connectivity index (χ2n) is 6.16. The molecular weight excluding hydrogens is 272 g/mol. The molecule has 3 nitrogen and oxygen atoms in total. The SMILES string of the molecule is OC1CCCc2cn3ccc4c5ccccc5nc-4c3cc21. The third-order valence-corrected chi connectivity index (χ3v) is 4.84. The molecule has 0 amide bonds. The summed E-state index contributed by atoms with van der Waals surface area (Å²) < 4.78 is 2.14. The highest BCUT2D eigenvalue weighted by Gasteiger charge is 2.21. The number of para-hydroxylation sites is 1. The molecule has 0 spiro atoms. The Labute approximate surface area is 128 Å². The number of rotatable bonds is 0. The van der Waals surface area contributed by atoms with Crippen LogP contribution in [-0.2, 0) is 6.42 Å². The first-order chi connectivity index (χ1) is 10.8. The van der Waals surface area contributed by atoms with Crippen LogP contribution in [0.4, 0.5) is 0 Å². The third kappa shape index (κ3) is 1.57. The van der Waals surface area contributed by atoms with Crippen LogP contribution in [0.5, 0.6) is 0 Å². The van der Waals surface area contributed by atoms with Gasteiger partial charge in [0, 0.05) is 23.3 Å². The number of fused-ring (bicyclic) bond motifs is 6. The molecule has 22 heavy (non-hydrogen) atoms. The Morgan fingerprint density at radius 1 is 1.18 bits per heavy atom. The molecule has 1 unspecified atom stereocenters. The Balaban J connectivity index is 1.90. The third-order valence-electron chi connectivity index (χ3n) is 4.84. The van der Waals surface area contributed by atoms with Crippen LogP contribution in [0.2, 0.25) is 0 Å². The molecule has 3 heterocycles. The Kier molecular flexibility index (Phi) is 2.38. The van der Waals surface area contributed by atoms with Gasteiger partial charge in [-0.25, -0.2) is 4.98 Å². The van der Waals surface area contributed by atoms with Crippen LogP contribution < -0.4 is 0 Å². The maximum Gasteiger partial charge on any atom is 0.0957 e. The largest absolute Gasteiger partial charge is 0.388 e. The van der Waals surface area contributed by atoms with Gasteiger partial charge in [0.2, 0.25) is 0 Å². The van der Waals surface area contributed by atoms with Crippen molar-refractivity contribution in [2.45, 2.75) is 25.4 Å². The number of pyridine rings is 2. The Bertz CT molecular complexity index is 986. The van der Waals surface area contributed by atoms with E-state index in [-0.39, 0.29) is 6.10 Å². The predicted octanol–water partition coefficient (Wildman–Crippen LogP) is 3.96. The Morgan fingerprint density at radius 2 is 2.09 bits per heavy atom. The highest BCUT2D eigenvalue weighted by molar-refractivity contribution is 6.01. The first-order valence-corrected chi connectivity index (χ1v) is 7.81. The average Bonchev–Trinajstić information content (AvgIpc) is 2.93. The van der Waals surface area contributed by atoms with Gasteiger partial charge in [-0.15, -0.1) is 0 Å². The van der Waals surface area contributed by atoms with Crippen LogP contribution in [0, 0.1) is 0 Å². The lowest BCUT2D eigenvalue weighted by atomic mass is 9.90. The van der Waals surface area contributed by atoms with Crippen LogP contribution in [-0.4, -0.2) is 14.5 Å². The van der Waals surface area contributed by atoms with Gasteiger partial charge in [-0.3, -0.25) is 0 Å². The van der Waals surface area contributed by atoms with Crippen molar-refractivity contribution in [3.05, 3.63) is 59.9 Å². The van der Waals surface area contributed by atoms with Crippen molar-refractivity contribution in [2.75, 3.05) is 0 Å². The fourth-order valence-corrected chi connectivity index (χ4v) is 3.73. The van der Waals surface area contributed by atoms with E-state index in [1.165, 1.54) is 16.5 Å². The normalized spacial score (nSPS) is 18.1. The molecule has 0 fully saturated rings. The van der Waals surface area contributed by atoms with Crippen molar-refractivity contribution in [3.8, 4) is 11.3 Å². The summed E-state index contributed by atoms with van der Waals surface area (Å²) in [4.78, 5) is 4.81. The van der Waals surface area contributed by atoms with Crippen molar-refractivity contribution in [1.82, 2.24) is 9.38 Å². The minimum Gasteiger partial charge on any atom is -0.388 e. The highest BCUT2D eigenvalue weighted by atomic mass is 16.3. The summed E-state index contributed by atoms with van der Waals surface area (Å²) in [6.45, 7) is 0. The second-order valence-corrected chi connectivity index (χ2v) is 6.16. The number of nitrogens with zero attached hydrogens (tertiary/aromatic N) is 2. The van der Waals surface area contributed by atoms with Crippen LogP contribution in [0.25, 0.3) is 27.7 Å². The standard InChI is InChI=1S/C19H16N2O/c22-18-7-3-4-12-11-21-9-8-14-13-5-1-2-6-16(13)20-19(14)17(21)10-15(12)18/h1-2,5-6,8-11,18,22H,3-4,7H2. The molecule has 5 rings (SSSR count). The van der Waals surface area contributed by atoms with E-state index in [1.807, 2.05) is 6.07 Å². The number of aromatic nitrogens is 2. The van der Waals surface area contributed by atoms with Gasteiger partial charge in [-0.05, 0) is 48.6 Å². The second kappa shape index (κ2) is 4.31. The number of aliphatic hydroxyl groups excluding tert-OH is 1. The van der Waals surface area contributed by atoms with Crippen LogP contribution >= 0.6 is 0 Å². The lowest BCUT2D eigenvalue weighted by Crippen LogP contribution is -2.11. The maximum absolute atomic E-state index is 10.3. The molecule has 108 valence electrons. The molecule has 0 saturated carbocycles. The predicted molar refractivity (Wildman–Crippen MR) is 87.2 cm³/mol. The summed E-state index contributed by atoms with van der Waals surface area (Å²) in [5, 5.41) is 11.5. The molecule has 1 atom stereocenters. The van der Waals surface area contributed by atoms with Crippen molar-refractivity contribution in [3.63, 3.8) is 0 Å². The molecule has 1 N–H and O–H groups in total. The summed E-state index contributed by atoms with van der Waals surface area (Å²) in [6, 6.07) is 12.5. The lowest BCUT2D eigenvalue weighted by molar-refractivity contribution is 0.156. The Hall–Kier alpha value is -2.39. The molecule has 2 aliphatic heterocycles. The Morgan fingerprint density at radius 3 is 3.05 bits per heavy atom. The summed E-state index contributed by atoms with van der Waals surface area (Å²) in [6.07, 6.45) is 6.88. The topological polar surface area (TPSA) is 37.5 Å². The highest BCUT2D eigenvalue weighted by Crippen LogP contribution is 2.37. The zero-order valence-electron chi connectivity index (χ0n) is 12.2. The zero-order valence-corrected chi connectivity index (χ0v) is 12.2.